The van der Waals surface area contributed by atoms with Gasteiger partial charge in [0.15, 0.2) is 0 Å². The molecule has 0 fully saturated rings. The number of nitrogens with zero attached hydrogens (tertiary/aromatic N) is 5. The molecule has 6 nitrogen and oxygen atoms in total. The Morgan fingerprint density at radius 2 is 2.29 bits per heavy atom. The van der Waals surface area contributed by atoms with Crippen molar-refractivity contribution in [3.05, 3.63) is 10.7 Å². The van der Waals surface area contributed by atoms with Gasteiger partial charge >= 0.3 is 95.8 Å². The third kappa shape index (κ3) is 1.50. The Morgan fingerprint density at radius 1 is 1.50 bits per heavy atom. The molecule has 2 heterocycles. The Bertz CT molecular complexity index is 435. The molecule has 0 aliphatic heterocycles. The molecule has 0 saturated heterocycles. The number of aryl methyl sites for hydroxylation is 1. The van der Waals surface area contributed by atoms with Crippen LogP contribution in [0.15, 0.2) is 0 Å². The molecule has 14 heavy (non-hydrogen) atoms. The topological polar surface area (TPSA) is 72.3 Å². The second-order valence-electron chi connectivity index (χ2n) is 2.51. The molecule has 0 aliphatic rings. The molecule has 1 N–H and O–H groups in total. The first-order chi connectivity index (χ1) is 6.74. The van der Waals surface area contributed by atoms with E-state index in [0.717, 1.165) is 11.4 Å². The van der Waals surface area contributed by atoms with Crippen molar-refractivity contribution in [2.75, 3.05) is 4.93 Å². The normalized spacial score (nSPS) is 11.1. The van der Waals surface area contributed by atoms with Crippen molar-refractivity contribution in [2.45, 2.75) is 6.92 Å². The Balaban J connectivity index is 2.61. The zero-order valence-corrected chi connectivity index (χ0v) is 10.4. The molecule has 0 saturated carbocycles. The van der Waals surface area contributed by atoms with Crippen LogP contribution in [0.4, 0.5) is 0 Å². The summed E-state index contributed by atoms with van der Waals surface area (Å²) in [6.45, 7) is 1.86. The fraction of sp³-hybridized carbons (Fsp3) is 0.333. The molecule has 2 aromatic rings. The summed E-state index contributed by atoms with van der Waals surface area (Å²) in [5, 5.41) is 18.6. The van der Waals surface area contributed by atoms with Crippen molar-refractivity contribution in [1.29, 1.82) is 0 Å². The van der Waals surface area contributed by atoms with Crippen molar-refractivity contribution in [2.24, 2.45) is 0 Å². The molecule has 2 rings (SSSR count). The third-order valence-corrected chi connectivity index (χ3v) is 3.73. The van der Waals surface area contributed by atoms with Gasteiger partial charge in [0.05, 0.1) is 0 Å². The number of tetrazole rings is 1. The van der Waals surface area contributed by atoms with Crippen LogP contribution < -0.4 is 21.5 Å². The van der Waals surface area contributed by atoms with E-state index in [2.05, 4.69) is 30.7 Å². The molecule has 0 aliphatic carbocycles. The van der Waals surface area contributed by atoms with Crippen LogP contribution in [-0.2, 0) is 0 Å². The van der Waals surface area contributed by atoms with Gasteiger partial charge in [-0.05, 0) is 0 Å². The van der Waals surface area contributed by atoms with Crippen molar-refractivity contribution < 1.29 is 21.5 Å². The number of hydrogen-bond acceptors (Lipinski definition) is 4. The number of hydrogen-bond donors (Lipinski definition) is 1. The molecule has 2 aromatic heterocycles. The first-order valence-corrected chi connectivity index (χ1v) is 7.23. The fourth-order valence-corrected chi connectivity index (χ4v) is 2.87. The van der Waals surface area contributed by atoms with Gasteiger partial charge in [-0.15, -0.1) is 0 Å². The van der Waals surface area contributed by atoms with Gasteiger partial charge in [-0.3, -0.25) is 0 Å². The van der Waals surface area contributed by atoms with Gasteiger partial charge in [0.1, 0.15) is 0 Å². The molecule has 8 heteroatoms. The molecule has 0 aromatic carbocycles. The molecule has 0 amide bonds. The fourth-order valence-electron chi connectivity index (χ4n) is 1.04. The van der Waals surface area contributed by atoms with Crippen LogP contribution in [0.1, 0.15) is 5.69 Å². The van der Waals surface area contributed by atoms with E-state index in [0.29, 0.717) is 10.8 Å². The Morgan fingerprint density at radius 3 is 2.86 bits per heavy atom. The predicted octanol–water partition coefficient (Wildman–Crippen LogP) is -2.49. The van der Waals surface area contributed by atoms with Gasteiger partial charge < -0.3 is 0 Å². The van der Waals surface area contributed by atoms with E-state index in [1.165, 1.54) is 0 Å². The maximum atomic E-state index is 6.10. The summed E-state index contributed by atoms with van der Waals surface area (Å²) in [4.78, 5) is 2.09. The van der Waals surface area contributed by atoms with E-state index in [9.17, 15) is 0 Å². The summed E-state index contributed by atoms with van der Waals surface area (Å²) < 4.78 is 1.86. The Hall–Kier alpha value is -0.700. The van der Waals surface area contributed by atoms with Gasteiger partial charge in [0, 0.05) is 0 Å². The summed E-state index contributed by atoms with van der Waals surface area (Å²) in [5.41, 5.74) is 1.56. The van der Waals surface area contributed by atoms with Crippen molar-refractivity contribution in [3.8, 4) is 11.5 Å². The predicted molar refractivity (Wildman–Crippen MR) is 46.5 cm³/mol. The molecule has 76 valence electrons. The molecular weight excluding hydrogens is 318 g/mol. The van der Waals surface area contributed by atoms with Gasteiger partial charge in [-0.2, -0.15) is 0 Å². The van der Waals surface area contributed by atoms with E-state index in [1.807, 2.05) is 9.82 Å². The summed E-state index contributed by atoms with van der Waals surface area (Å²) in [7, 11) is 0. The van der Waals surface area contributed by atoms with Gasteiger partial charge in [0.2, 0.25) is 0 Å². The number of nitrogens with one attached hydrogen (secondary N) is 1. The molecular formula is C6H7ClIN6-. The van der Waals surface area contributed by atoms with E-state index in [4.69, 9.17) is 11.6 Å². The van der Waals surface area contributed by atoms with E-state index in [1.54, 1.807) is 0 Å². The zero-order chi connectivity index (χ0) is 10.1. The number of aromatic amines is 1. The van der Waals surface area contributed by atoms with Crippen LogP contribution in [0.2, 0.25) is 5.02 Å². The van der Waals surface area contributed by atoms with Crippen LogP contribution >= 0.6 is 11.6 Å². The van der Waals surface area contributed by atoms with Crippen LogP contribution in [0.25, 0.3) is 11.5 Å². The third-order valence-electron chi connectivity index (χ3n) is 1.67. The number of H-pyrrole nitrogens is 1. The number of halogens is 2. The first kappa shape index (κ1) is 9.84. The van der Waals surface area contributed by atoms with Crippen LogP contribution in [0, 0.1) is 6.92 Å². The zero-order valence-electron chi connectivity index (χ0n) is 7.49. The minimum absolute atomic E-state index is 0.215. The minimum atomic E-state index is -0.215. The second kappa shape index (κ2) is 3.81. The molecule has 0 bridgehead atoms. The summed E-state index contributed by atoms with van der Waals surface area (Å²) in [6.07, 6.45) is 0. The second-order valence-corrected chi connectivity index (χ2v) is 4.77. The molecule has 0 unspecified atom stereocenters. The Kier molecular flexibility index (Phi) is 2.68. The quantitative estimate of drug-likeness (QED) is 0.490. The van der Waals surface area contributed by atoms with E-state index in [-0.39, 0.29) is 21.5 Å². The number of alkyl halides is 1. The summed E-state index contributed by atoms with van der Waals surface area (Å²) in [5.74, 6) is 0.497. The van der Waals surface area contributed by atoms with E-state index < -0.39 is 0 Å². The SMILES string of the molecule is C[I-]n1nc(C)c(Cl)c1-c1nn[nH]n1. The monoisotopic (exact) mass is 325 g/mol. The average molecular weight is 326 g/mol. The molecule has 0 spiro atoms. The van der Waals surface area contributed by atoms with Gasteiger partial charge in [-0.25, -0.2) is 0 Å². The maximum absolute atomic E-state index is 6.10. The van der Waals surface area contributed by atoms with Gasteiger partial charge in [-0.1, -0.05) is 0 Å². The molecule has 0 radical (unpaired) electrons. The van der Waals surface area contributed by atoms with Crippen LogP contribution in [-0.4, -0.2) is 33.5 Å². The average Bonchev–Trinajstić information content (AvgIpc) is 2.76. The van der Waals surface area contributed by atoms with Gasteiger partial charge in [0.25, 0.3) is 0 Å². The van der Waals surface area contributed by atoms with Crippen LogP contribution in [0.3, 0.4) is 0 Å². The molecule has 0 atom stereocenters. The van der Waals surface area contributed by atoms with Crippen molar-refractivity contribution in [3.63, 3.8) is 0 Å². The number of aromatic nitrogens is 6. The Labute approximate surface area is 95.6 Å². The standard InChI is InChI=1S/C6H7ClIN6/c1-3-4(7)5(14(8-2)11-3)6-9-12-13-10-6/h1-2H3,(H,9,10,12,13)/q-1. The summed E-state index contributed by atoms with van der Waals surface area (Å²) >= 11 is 5.88. The van der Waals surface area contributed by atoms with E-state index >= 15 is 0 Å². The number of rotatable bonds is 2. The summed E-state index contributed by atoms with van der Waals surface area (Å²) in [6, 6.07) is 0. The van der Waals surface area contributed by atoms with Crippen molar-refractivity contribution in [1.82, 2.24) is 28.6 Å². The van der Waals surface area contributed by atoms with Crippen LogP contribution in [0.5, 0.6) is 0 Å². The van der Waals surface area contributed by atoms with Crippen molar-refractivity contribution >= 4 is 11.6 Å². The first-order valence-electron chi connectivity index (χ1n) is 3.73.